The Hall–Kier alpha value is -1.28. The molecule has 0 radical (unpaired) electrons. The van der Waals surface area contributed by atoms with Gasteiger partial charge in [0.25, 0.3) is 0 Å². The monoisotopic (exact) mass is 239 g/mol. The average molecular weight is 239 g/mol. The Bertz CT molecular complexity index is 551. The van der Waals surface area contributed by atoms with Gasteiger partial charge in [-0.05, 0) is 31.8 Å². The number of carboxylic acid groups (broad SMARTS) is 1. The van der Waals surface area contributed by atoms with Gasteiger partial charge in [-0.25, -0.2) is 0 Å². The Morgan fingerprint density at radius 1 is 1.44 bits per heavy atom. The third-order valence-electron chi connectivity index (χ3n) is 2.64. The van der Waals surface area contributed by atoms with Crippen LogP contribution >= 0.6 is 0 Å². The van der Waals surface area contributed by atoms with Crippen LogP contribution in [0.15, 0.2) is 24.4 Å². The molecule has 0 aliphatic carbocycles. The summed E-state index contributed by atoms with van der Waals surface area (Å²) in [5, 5.41) is 15.8. The maximum absolute atomic E-state index is 10.7. The fourth-order valence-electron chi connectivity index (χ4n) is 1.69. The predicted molar refractivity (Wildman–Crippen MR) is 62.6 cm³/mol. The molecule has 2 rings (SSSR count). The Labute approximate surface area is 118 Å². The van der Waals surface area contributed by atoms with Crippen LogP contribution in [0.1, 0.15) is 10.4 Å². The second kappa shape index (κ2) is 6.05. The standard InChI is InChI=1S/C12H15N3O2.Li/c1-14(2)5-6-15-11-4-3-9(12(16)17)7-10(11)8-13-15;/h3-4,7-8H,5-6H2,1-2H3,(H,16,17);/q;+1/p-1. The number of hydrogen-bond donors (Lipinski definition) is 0. The molecule has 1 aromatic carbocycles. The van der Waals surface area contributed by atoms with E-state index < -0.39 is 5.97 Å². The van der Waals surface area contributed by atoms with Gasteiger partial charge >= 0.3 is 18.9 Å². The van der Waals surface area contributed by atoms with Crippen LogP contribution < -0.4 is 24.0 Å². The van der Waals surface area contributed by atoms with Crippen molar-refractivity contribution < 1.29 is 28.8 Å². The van der Waals surface area contributed by atoms with Gasteiger partial charge < -0.3 is 14.8 Å². The largest absolute Gasteiger partial charge is 1.00 e. The first-order chi connectivity index (χ1) is 8.08. The van der Waals surface area contributed by atoms with Crippen molar-refractivity contribution in [2.24, 2.45) is 0 Å². The molecule has 0 aliphatic heterocycles. The van der Waals surface area contributed by atoms with Crippen molar-refractivity contribution in [3.63, 3.8) is 0 Å². The molecule has 0 amide bonds. The molecule has 0 N–H and O–H groups in total. The third-order valence-corrected chi connectivity index (χ3v) is 2.64. The van der Waals surface area contributed by atoms with Crippen molar-refractivity contribution in [1.29, 1.82) is 0 Å². The first-order valence-corrected chi connectivity index (χ1v) is 5.39. The van der Waals surface area contributed by atoms with E-state index in [1.807, 2.05) is 18.8 Å². The van der Waals surface area contributed by atoms with Gasteiger partial charge in [-0.1, -0.05) is 6.07 Å². The summed E-state index contributed by atoms with van der Waals surface area (Å²) in [6.07, 6.45) is 1.68. The molecule has 0 saturated heterocycles. The summed E-state index contributed by atoms with van der Waals surface area (Å²) in [4.78, 5) is 12.8. The van der Waals surface area contributed by atoms with Crippen molar-refractivity contribution in [3.8, 4) is 0 Å². The zero-order chi connectivity index (χ0) is 12.4. The first-order valence-electron chi connectivity index (χ1n) is 5.39. The van der Waals surface area contributed by atoms with E-state index >= 15 is 0 Å². The minimum atomic E-state index is -1.16. The molecule has 90 valence electrons. The number of rotatable bonds is 4. The quantitative estimate of drug-likeness (QED) is 0.532. The molecular formula is C12H14LiN3O2. The smallest absolute Gasteiger partial charge is 0.545 e. The molecule has 0 bridgehead atoms. The molecule has 0 fully saturated rings. The van der Waals surface area contributed by atoms with Gasteiger partial charge in [0, 0.05) is 11.9 Å². The van der Waals surface area contributed by atoms with E-state index in [4.69, 9.17) is 0 Å². The Morgan fingerprint density at radius 2 is 2.17 bits per heavy atom. The summed E-state index contributed by atoms with van der Waals surface area (Å²) in [5.41, 5.74) is 1.13. The van der Waals surface area contributed by atoms with Gasteiger partial charge in [0.05, 0.1) is 24.2 Å². The summed E-state index contributed by atoms with van der Waals surface area (Å²) >= 11 is 0. The van der Waals surface area contributed by atoms with E-state index in [1.54, 1.807) is 24.4 Å². The van der Waals surface area contributed by atoms with Gasteiger partial charge in [0.15, 0.2) is 0 Å². The van der Waals surface area contributed by atoms with Gasteiger partial charge in [0.1, 0.15) is 0 Å². The van der Waals surface area contributed by atoms with Crippen LogP contribution in [-0.2, 0) is 6.54 Å². The summed E-state index contributed by atoms with van der Waals surface area (Å²) < 4.78 is 1.87. The van der Waals surface area contributed by atoms with Crippen molar-refractivity contribution in [2.75, 3.05) is 20.6 Å². The molecule has 0 spiro atoms. The Morgan fingerprint density at radius 3 is 2.78 bits per heavy atom. The predicted octanol–water partition coefficient (Wildman–Crippen LogP) is -3.03. The topological polar surface area (TPSA) is 61.2 Å². The van der Waals surface area contributed by atoms with Crippen LogP contribution in [0, 0.1) is 0 Å². The summed E-state index contributed by atoms with van der Waals surface area (Å²) in [6, 6.07) is 4.90. The van der Waals surface area contributed by atoms with Gasteiger partial charge in [-0.3, -0.25) is 4.68 Å². The molecule has 2 aromatic rings. The number of nitrogens with zero attached hydrogens (tertiary/aromatic N) is 3. The van der Waals surface area contributed by atoms with Crippen LogP contribution in [0.5, 0.6) is 0 Å². The van der Waals surface area contributed by atoms with Crippen LogP contribution in [0.4, 0.5) is 0 Å². The van der Waals surface area contributed by atoms with Crippen molar-refractivity contribution in [1.82, 2.24) is 14.7 Å². The second-order valence-corrected chi connectivity index (χ2v) is 4.23. The van der Waals surface area contributed by atoms with Gasteiger partial charge in [-0.15, -0.1) is 0 Å². The molecule has 0 aliphatic rings. The van der Waals surface area contributed by atoms with E-state index in [2.05, 4.69) is 10.00 Å². The molecular weight excluding hydrogens is 225 g/mol. The zero-order valence-electron chi connectivity index (χ0n) is 10.9. The van der Waals surface area contributed by atoms with Crippen LogP contribution in [0.2, 0.25) is 0 Å². The fraction of sp³-hybridized carbons (Fsp3) is 0.333. The average Bonchev–Trinajstić information content (AvgIpc) is 2.68. The maximum atomic E-state index is 10.7. The molecule has 18 heavy (non-hydrogen) atoms. The van der Waals surface area contributed by atoms with Crippen LogP contribution in [0.25, 0.3) is 10.9 Å². The number of fused-ring (bicyclic) bond motifs is 1. The van der Waals surface area contributed by atoms with Gasteiger partial charge in [-0.2, -0.15) is 5.10 Å². The fourth-order valence-corrected chi connectivity index (χ4v) is 1.69. The number of carbonyl (C=O) groups is 1. The minimum Gasteiger partial charge on any atom is -0.545 e. The van der Waals surface area contributed by atoms with Gasteiger partial charge in [0.2, 0.25) is 0 Å². The number of hydrogen-bond acceptors (Lipinski definition) is 4. The van der Waals surface area contributed by atoms with Crippen molar-refractivity contribution >= 4 is 16.9 Å². The van der Waals surface area contributed by atoms with E-state index in [-0.39, 0.29) is 24.4 Å². The Balaban J connectivity index is 0.00000162. The molecule has 0 saturated carbocycles. The SMILES string of the molecule is CN(C)CCn1ncc2cc(C(=O)[O-])ccc21.[Li+]. The number of aromatic carboxylic acids is 1. The van der Waals surface area contributed by atoms with Crippen LogP contribution in [-0.4, -0.2) is 41.3 Å². The van der Waals surface area contributed by atoms with Crippen molar-refractivity contribution in [2.45, 2.75) is 6.54 Å². The summed E-state index contributed by atoms with van der Waals surface area (Å²) in [5.74, 6) is -1.16. The maximum Gasteiger partial charge on any atom is 1.00 e. The minimum absolute atomic E-state index is 0. The number of carboxylic acids is 1. The third kappa shape index (κ3) is 3.14. The molecule has 1 heterocycles. The number of benzene rings is 1. The number of aromatic nitrogens is 2. The van der Waals surface area contributed by atoms with E-state index in [9.17, 15) is 9.90 Å². The molecule has 0 atom stereocenters. The molecule has 0 unspecified atom stereocenters. The number of likely N-dealkylation sites (N-methyl/N-ethyl adjacent to an activating group) is 1. The zero-order valence-corrected chi connectivity index (χ0v) is 10.9. The number of carbonyl (C=O) groups excluding carboxylic acids is 1. The van der Waals surface area contributed by atoms with Crippen LogP contribution in [0.3, 0.4) is 0 Å². The molecule has 1 aromatic heterocycles. The van der Waals surface area contributed by atoms with E-state index in [0.29, 0.717) is 0 Å². The van der Waals surface area contributed by atoms with Crippen molar-refractivity contribution in [3.05, 3.63) is 30.0 Å². The molecule has 6 heteroatoms. The normalized spacial score (nSPS) is 10.6. The molecule has 5 nitrogen and oxygen atoms in total. The Kier molecular flexibility index (Phi) is 4.97. The summed E-state index contributed by atoms with van der Waals surface area (Å²) in [6.45, 7) is 1.67. The van der Waals surface area contributed by atoms with E-state index in [1.165, 1.54) is 0 Å². The second-order valence-electron chi connectivity index (χ2n) is 4.23. The first kappa shape index (κ1) is 14.8. The van der Waals surface area contributed by atoms with E-state index in [0.717, 1.165) is 24.0 Å². The summed E-state index contributed by atoms with van der Waals surface area (Å²) in [7, 11) is 4.00.